The van der Waals surface area contributed by atoms with E-state index in [4.69, 9.17) is 4.74 Å². The molecule has 1 fully saturated rings. The first-order valence-electron chi connectivity index (χ1n) is 8.72. The first kappa shape index (κ1) is 17.2. The van der Waals surface area contributed by atoms with Gasteiger partial charge in [0.05, 0.1) is 7.11 Å². The van der Waals surface area contributed by atoms with E-state index in [2.05, 4.69) is 15.3 Å². The minimum Gasteiger partial charge on any atom is -0.497 e. The average molecular weight is 340 g/mol. The van der Waals surface area contributed by atoms with E-state index in [0.29, 0.717) is 17.3 Å². The summed E-state index contributed by atoms with van der Waals surface area (Å²) in [5.41, 5.74) is 1.30. The van der Waals surface area contributed by atoms with E-state index in [0.717, 1.165) is 37.4 Å². The summed E-state index contributed by atoms with van der Waals surface area (Å²) < 4.78 is 5.24. The zero-order chi connectivity index (χ0) is 17.6. The maximum absolute atomic E-state index is 12.8. The maximum Gasteiger partial charge on any atom is 0.272 e. The van der Waals surface area contributed by atoms with Crippen molar-refractivity contribution in [2.45, 2.75) is 32.6 Å². The molecule has 1 amide bonds. The Morgan fingerprint density at radius 3 is 2.60 bits per heavy atom. The van der Waals surface area contributed by atoms with Crippen molar-refractivity contribution < 1.29 is 9.53 Å². The van der Waals surface area contributed by atoms with Crippen LogP contribution in [0.25, 0.3) is 0 Å². The van der Waals surface area contributed by atoms with Gasteiger partial charge in [0.2, 0.25) is 0 Å². The van der Waals surface area contributed by atoms with E-state index in [1.165, 1.54) is 12.8 Å². The third-order valence-electron chi connectivity index (χ3n) is 4.29. The number of ether oxygens (including phenoxy) is 1. The van der Waals surface area contributed by atoms with E-state index in [1.54, 1.807) is 20.1 Å². The van der Waals surface area contributed by atoms with Gasteiger partial charge < -0.3 is 15.0 Å². The lowest BCUT2D eigenvalue weighted by Gasteiger charge is -2.20. The molecule has 0 atom stereocenters. The zero-order valence-electron chi connectivity index (χ0n) is 14.8. The number of aryl methyl sites for hydroxylation is 1. The summed E-state index contributed by atoms with van der Waals surface area (Å²) in [7, 11) is 1.63. The fraction of sp³-hybridized carbons (Fsp3) is 0.421. The van der Waals surface area contributed by atoms with Gasteiger partial charge in [0.15, 0.2) is 0 Å². The summed E-state index contributed by atoms with van der Waals surface area (Å²) in [5.74, 6) is 1.93. The van der Waals surface area contributed by atoms with Crippen LogP contribution in [0.4, 0.5) is 11.5 Å². The molecule has 0 spiro atoms. The molecule has 0 bridgehead atoms. The Morgan fingerprint density at radius 2 is 1.88 bits per heavy atom. The third-order valence-corrected chi connectivity index (χ3v) is 4.29. The minimum atomic E-state index is -0.0129. The van der Waals surface area contributed by atoms with Crippen molar-refractivity contribution in [2.75, 3.05) is 25.5 Å². The van der Waals surface area contributed by atoms with Gasteiger partial charge in [-0.2, -0.15) is 0 Å². The Hall–Kier alpha value is -2.63. The number of rotatable bonds is 4. The summed E-state index contributed by atoms with van der Waals surface area (Å²) in [4.78, 5) is 23.4. The van der Waals surface area contributed by atoms with Crippen LogP contribution >= 0.6 is 0 Å². The van der Waals surface area contributed by atoms with E-state index in [9.17, 15) is 4.79 Å². The lowest BCUT2D eigenvalue weighted by atomic mass is 10.2. The maximum atomic E-state index is 12.8. The van der Waals surface area contributed by atoms with Crippen molar-refractivity contribution in [1.82, 2.24) is 14.9 Å². The molecule has 1 N–H and O–H groups in total. The molecule has 0 saturated carbocycles. The van der Waals surface area contributed by atoms with Crippen LogP contribution in [0.5, 0.6) is 5.75 Å². The quantitative estimate of drug-likeness (QED) is 0.922. The van der Waals surface area contributed by atoms with Crippen molar-refractivity contribution >= 4 is 17.4 Å². The minimum absolute atomic E-state index is 0.0129. The predicted molar refractivity (Wildman–Crippen MR) is 97.4 cm³/mol. The summed E-state index contributed by atoms with van der Waals surface area (Å²) >= 11 is 0. The van der Waals surface area contributed by atoms with Gasteiger partial charge in [-0.3, -0.25) is 4.79 Å². The van der Waals surface area contributed by atoms with Crippen LogP contribution in [0.2, 0.25) is 0 Å². The second-order valence-electron chi connectivity index (χ2n) is 6.25. The lowest BCUT2D eigenvalue weighted by Crippen LogP contribution is -2.32. The van der Waals surface area contributed by atoms with Crippen molar-refractivity contribution in [1.29, 1.82) is 0 Å². The summed E-state index contributed by atoms with van der Waals surface area (Å²) in [6.45, 7) is 3.41. The van der Waals surface area contributed by atoms with Crippen LogP contribution in [-0.2, 0) is 0 Å². The fourth-order valence-corrected chi connectivity index (χ4v) is 3.03. The summed E-state index contributed by atoms with van der Waals surface area (Å²) in [5, 5.41) is 3.23. The van der Waals surface area contributed by atoms with Crippen molar-refractivity contribution in [3.05, 3.63) is 41.9 Å². The molecule has 1 saturated heterocycles. The number of carbonyl (C=O) groups is 1. The predicted octanol–water partition coefficient (Wildman–Crippen LogP) is 3.55. The van der Waals surface area contributed by atoms with Crippen LogP contribution in [0.3, 0.4) is 0 Å². The zero-order valence-corrected chi connectivity index (χ0v) is 14.8. The number of nitrogens with one attached hydrogen (secondary N) is 1. The molecule has 1 aromatic heterocycles. The highest BCUT2D eigenvalue weighted by Gasteiger charge is 2.19. The molecule has 2 heterocycles. The second kappa shape index (κ2) is 7.96. The number of methoxy groups -OCH3 is 1. The number of carbonyl (C=O) groups excluding carboxylic acids is 1. The number of anilines is 2. The second-order valence-corrected chi connectivity index (χ2v) is 6.25. The van der Waals surface area contributed by atoms with Gasteiger partial charge in [0.25, 0.3) is 5.91 Å². The van der Waals surface area contributed by atoms with Crippen LogP contribution < -0.4 is 10.1 Å². The number of nitrogens with zero attached hydrogens (tertiary/aromatic N) is 3. The van der Waals surface area contributed by atoms with Crippen molar-refractivity contribution in [3.8, 4) is 5.75 Å². The van der Waals surface area contributed by atoms with E-state index in [1.807, 2.05) is 29.2 Å². The molecule has 6 heteroatoms. The average Bonchev–Trinajstić information content (AvgIpc) is 2.90. The van der Waals surface area contributed by atoms with Crippen LogP contribution in [0, 0.1) is 6.92 Å². The smallest absolute Gasteiger partial charge is 0.272 e. The number of amides is 1. The molecule has 25 heavy (non-hydrogen) atoms. The van der Waals surface area contributed by atoms with Crippen LogP contribution in [0.15, 0.2) is 30.3 Å². The van der Waals surface area contributed by atoms with Gasteiger partial charge in [-0.05, 0) is 31.9 Å². The highest BCUT2D eigenvalue weighted by molar-refractivity contribution is 5.93. The molecule has 1 aromatic carbocycles. The summed E-state index contributed by atoms with van der Waals surface area (Å²) in [6, 6.07) is 9.31. The van der Waals surface area contributed by atoms with Crippen LogP contribution in [-0.4, -0.2) is 41.0 Å². The number of hydrogen-bond donors (Lipinski definition) is 1. The van der Waals surface area contributed by atoms with E-state index < -0.39 is 0 Å². The Balaban J connectivity index is 1.80. The molecule has 1 aliphatic heterocycles. The largest absolute Gasteiger partial charge is 0.497 e. The van der Waals surface area contributed by atoms with E-state index >= 15 is 0 Å². The molecule has 0 radical (unpaired) electrons. The van der Waals surface area contributed by atoms with Gasteiger partial charge in [0, 0.05) is 30.9 Å². The molecule has 1 aliphatic rings. The number of aromatic nitrogens is 2. The molecule has 132 valence electrons. The molecule has 0 unspecified atom stereocenters. The molecule has 3 rings (SSSR count). The van der Waals surface area contributed by atoms with E-state index in [-0.39, 0.29) is 5.91 Å². The molecule has 6 nitrogen and oxygen atoms in total. The first-order valence-corrected chi connectivity index (χ1v) is 8.72. The monoisotopic (exact) mass is 340 g/mol. The van der Waals surface area contributed by atoms with Gasteiger partial charge in [-0.15, -0.1) is 0 Å². The number of hydrogen-bond acceptors (Lipinski definition) is 5. The summed E-state index contributed by atoms with van der Waals surface area (Å²) in [6.07, 6.45) is 4.50. The fourth-order valence-electron chi connectivity index (χ4n) is 3.03. The normalized spacial score (nSPS) is 14.7. The molecular weight excluding hydrogens is 316 g/mol. The number of likely N-dealkylation sites (tertiary alicyclic amines) is 1. The Kier molecular flexibility index (Phi) is 5.48. The third kappa shape index (κ3) is 4.47. The van der Waals surface area contributed by atoms with Crippen molar-refractivity contribution in [2.24, 2.45) is 0 Å². The lowest BCUT2D eigenvalue weighted by molar-refractivity contribution is 0.0755. The molecule has 0 aliphatic carbocycles. The van der Waals surface area contributed by atoms with Gasteiger partial charge in [0.1, 0.15) is 23.1 Å². The Labute approximate surface area is 148 Å². The number of benzene rings is 1. The molecular formula is C19H24N4O2. The van der Waals surface area contributed by atoms with Gasteiger partial charge in [-0.25, -0.2) is 9.97 Å². The SMILES string of the molecule is COc1cccc(Nc2cc(C(=O)N3CCCCCC3)nc(C)n2)c1. The Bertz CT molecular complexity index is 740. The van der Waals surface area contributed by atoms with Gasteiger partial charge in [-0.1, -0.05) is 18.9 Å². The topological polar surface area (TPSA) is 67.3 Å². The standard InChI is InChI=1S/C19H24N4O2/c1-14-20-17(19(24)23-10-5-3-4-6-11-23)13-18(21-14)22-15-8-7-9-16(12-15)25-2/h7-9,12-13H,3-6,10-11H2,1-2H3,(H,20,21,22). The Morgan fingerprint density at radius 1 is 1.12 bits per heavy atom. The highest BCUT2D eigenvalue weighted by atomic mass is 16.5. The first-order chi connectivity index (χ1) is 12.2. The van der Waals surface area contributed by atoms with Gasteiger partial charge >= 0.3 is 0 Å². The van der Waals surface area contributed by atoms with Crippen molar-refractivity contribution in [3.63, 3.8) is 0 Å². The van der Waals surface area contributed by atoms with Crippen LogP contribution in [0.1, 0.15) is 42.0 Å². The molecule has 2 aromatic rings. The highest BCUT2D eigenvalue weighted by Crippen LogP contribution is 2.21.